The Balaban J connectivity index is 1.57. The van der Waals surface area contributed by atoms with Gasteiger partial charge in [-0.2, -0.15) is 0 Å². The van der Waals surface area contributed by atoms with Crippen LogP contribution in [-0.2, 0) is 16.1 Å². The van der Waals surface area contributed by atoms with Crippen LogP contribution in [0.5, 0.6) is 0 Å². The highest BCUT2D eigenvalue weighted by molar-refractivity contribution is 6.32. The number of hydrogen-bond acceptors (Lipinski definition) is 4. The Hall–Kier alpha value is -3.38. The van der Waals surface area contributed by atoms with Gasteiger partial charge < -0.3 is 14.6 Å². The Morgan fingerprint density at radius 3 is 2.58 bits per heavy atom. The maximum atomic E-state index is 12.8. The van der Waals surface area contributed by atoms with Gasteiger partial charge in [-0.1, -0.05) is 36.7 Å². The van der Waals surface area contributed by atoms with Gasteiger partial charge in [0.2, 0.25) is 0 Å². The summed E-state index contributed by atoms with van der Waals surface area (Å²) in [5, 5.41) is 5.10. The zero-order valence-electron chi connectivity index (χ0n) is 17.3. The number of nitrogens with zero attached hydrogens (tertiary/aromatic N) is 2. The Labute approximate surface area is 184 Å². The van der Waals surface area contributed by atoms with E-state index in [0.717, 1.165) is 28.4 Å². The zero-order chi connectivity index (χ0) is 22.0. The normalized spacial score (nSPS) is 12.1. The molecule has 1 amide bonds. The summed E-state index contributed by atoms with van der Waals surface area (Å²) >= 11 is 5.96. The number of aryl methyl sites for hydroxylation is 1. The summed E-state index contributed by atoms with van der Waals surface area (Å²) in [6.45, 7) is 4.73. The number of rotatable bonds is 6. The standard InChI is InChI=1S/C24H22ClN3O3/c1-3-21(31-24(30)17-9-7-13-26-22(17)25)23(29)27-15-11-12-20-18(14-15)16-8-5-6-10-19(16)28(20)4-2/h5-14,21H,3-4H2,1-2H3,(H,27,29). The Bertz CT molecular complexity index is 1280. The summed E-state index contributed by atoms with van der Waals surface area (Å²) in [5.41, 5.74) is 3.03. The maximum absolute atomic E-state index is 12.8. The first-order valence-corrected chi connectivity index (χ1v) is 10.5. The lowest BCUT2D eigenvalue weighted by atomic mass is 10.1. The number of carbonyl (C=O) groups is 2. The minimum absolute atomic E-state index is 0.0422. The molecule has 0 aliphatic rings. The minimum atomic E-state index is -0.948. The number of hydrogen-bond donors (Lipinski definition) is 1. The second kappa shape index (κ2) is 8.78. The first-order valence-electron chi connectivity index (χ1n) is 10.2. The fourth-order valence-corrected chi connectivity index (χ4v) is 3.94. The Morgan fingerprint density at radius 1 is 1.06 bits per heavy atom. The number of para-hydroxylation sites is 1. The number of anilines is 1. The molecule has 2 heterocycles. The van der Waals surface area contributed by atoms with E-state index in [1.54, 1.807) is 13.0 Å². The quantitative estimate of drug-likeness (QED) is 0.323. The first-order chi connectivity index (χ1) is 15.0. The molecule has 31 heavy (non-hydrogen) atoms. The second-order valence-corrected chi connectivity index (χ2v) is 7.48. The number of aromatic nitrogens is 2. The van der Waals surface area contributed by atoms with Crippen LogP contribution in [0, 0.1) is 0 Å². The van der Waals surface area contributed by atoms with Gasteiger partial charge in [0, 0.05) is 40.2 Å². The van der Waals surface area contributed by atoms with E-state index < -0.39 is 18.0 Å². The molecule has 1 N–H and O–H groups in total. The highest BCUT2D eigenvalue weighted by Gasteiger charge is 2.24. The molecule has 1 atom stereocenters. The van der Waals surface area contributed by atoms with E-state index in [-0.39, 0.29) is 10.7 Å². The summed E-state index contributed by atoms with van der Waals surface area (Å²) in [5.74, 6) is -1.07. The predicted octanol–water partition coefficient (Wildman–Crippen LogP) is 5.44. The van der Waals surface area contributed by atoms with Crippen molar-refractivity contribution in [1.29, 1.82) is 0 Å². The molecule has 0 radical (unpaired) electrons. The van der Waals surface area contributed by atoms with E-state index in [4.69, 9.17) is 16.3 Å². The van der Waals surface area contributed by atoms with Gasteiger partial charge in [0.15, 0.2) is 6.10 Å². The van der Waals surface area contributed by atoms with E-state index in [0.29, 0.717) is 12.1 Å². The molecule has 0 fully saturated rings. The summed E-state index contributed by atoms with van der Waals surface area (Å²) in [6.07, 6.45) is 0.859. The monoisotopic (exact) mass is 435 g/mol. The van der Waals surface area contributed by atoms with Crippen LogP contribution < -0.4 is 5.32 Å². The van der Waals surface area contributed by atoms with Gasteiger partial charge in [-0.3, -0.25) is 4.79 Å². The molecule has 4 aromatic rings. The molecule has 7 heteroatoms. The van der Waals surface area contributed by atoms with E-state index in [1.165, 1.54) is 12.3 Å². The third kappa shape index (κ3) is 3.99. The lowest BCUT2D eigenvalue weighted by Gasteiger charge is -2.16. The van der Waals surface area contributed by atoms with Crippen LogP contribution in [0.1, 0.15) is 30.6 Å². The van der Waals surface area contributed by atoms with Crippen molar-refractivity contribution in [2.24, 2.45) is 0 Å². The number of fused-ring (bicyclic) bond motifs is 3. The van der Waals surface area contributed by atoms with Crippen LogP contribution in [0.4, 0.5) is 5.69 Å². The third-order valence-corrected chi connectivity index (χ3v) is 5.55. The molecule has 0 spiro atoms. The van der Waals surface area contributed by atoms with Crippen LogP contribution in [0.15, 0.2) is 60.8 Å². The van der Waals surface area contributed by atoms with Crippen molar-refractivity contribution >= 4 is 51.0 Å². The maximum Gasteiger partial charge on any atom is 0.342 e. The van der Waals surface area contributed by atoms with Crippen molar-refractivity contribution in [2.75, 3.05) is 5.32 Å². The van der Waals surface area contributed by atoms with Crippen LogP contribution in [0.25, 0.3) is 21.8 Å². The number of halogens is 1. The average molecular weight is 436 g/mol. The van der Waals surface area contributed by atoms with Gasteiger partial charge in [-0.15, -0.1) is 0 Å². The number of benzene rings is 2. The number of nitrogens with one attached hydrogen (secondary N) is 1. The Kier molecular flexibility index (Phi) is 5.91. The van der Waals surface area contributed by atoms with Gasteiger partial charge in [0.25, 0.3) is 5.91 Å². The van der Waals surface area contributed by atoms with E-state index in [2.05, 4.69) is 33.9 Å². The summed E-state index contributed by atoms with van der Waals surface area (Å²) in [4.78, 5) is 29.1. The number of amides is 1. The van der Waals surface area contributed by atoms with Crippen molar-refractivity contribution in [3.8, 4) is 0 Å². The fraction of sp³-hybridized carbons (Fsp3) is 0.208. The van der Waals surface area contributed by atoms with Crippen molar-refractivity contribution in [2.45, 2.75) is 32.9 Å². The highest BCUT2D eigenvalue weighted by atomic mass is 35.5. The molecule has 0 bridgehead atoms. The molecule has 1 unspecified atom stereocenters. The van der Waals surface area contributed by atoms with Gasteiger partial charge in [0.05, 0.1) is 5.56 Å². The number of pyridine rings is 1. The van der Waals surface area contributed by atoms with Gasteiger partial charge in [-0.05, 0) is 49.7 Å². The topological polar surface area (TPSA) is 73.2 Å². The van der Waals surface area contributed by atoms with Crippen LogP contribution in [0.2, 0.25) is 5.15 Å². The molecular weight excluding hydrogens is 414 g/mol. The molecule has 6 nitrogen and oxygen atoms in total. The molecule has 4 rings (SSSR count). The van der Waals surface area contributed by atoms with Crippen LogP contribution in [-0.4, -0.2) is 27.5 Å². The number of esters is 1. The largest absolute Gasteiger partial charge is 0.449 e. The van der Waals surface area contributed by atoms with Crippen molar-refractivity contribution in [3.05, 3.63) is 71.5 Å². The van der Waals surface area contributed by atoms with E-state index in [1.807, 2.05) is 30.3 Å². The van der Waals surface area contributed by atoms with Crippen molar-refractivity contribution in [1.82, 2.24) is 9.55 Å². The molecule has 0 aliphatic carbocycles. The molecule has 158 valence electrons. The SMILES string of the molecule is CCC(OC(=O)c1cccnc1Cl)C(=O)Nc1ccc2c(c1)c1ccccc1n2CC. The van der Waals surface area contributed by atoms with Gasteiger partial charge in [0.1, 0.15) is 5.15 Å². The van der Waals surface area contributed by atoms with Crippen LogP contribution in [0.3, 0.4) is 0 Å². The van der Waals surface area contributed by atoms with E-state index in [9.17, 15) is 9.59 Å². The zero-order valence-corrected chi connectivity index (χ0v) is 18.0. The molecule has 2 aromatic carbocycles. The van der Waals surface area contributed by atoms with Crippen molar-refractivity contribution < 1.29 is 14.3 Å². The third-order valence-electron chi connectivity index (χ3n) is 5.25. The lowest BCUT2D eigenvalue weighted by molar-refractivity contribution is -0.124. The summed E-state index contributed by atoms with van der Waals surface area (Å²) in [7, 11) is 0. The molecule has 0 aliphatic heterocycles. The summed E-state index contributed by atoms with van der Waals surface area (Å²) in [6, 6.07) is 17.1. The van der Waals surface area contributed by atoms with Gasteiger partial charge in [-0.25, -0.2) is 9.78 Å². The summed E-state index contributed by atoms with van der Waals surface area (Å²) < 4.78 is 7.64. The predicted molar refractivity (Wildman–Crippen MR) is 122 cm³/mol. The van der Waals surface area contributed by atoms with Crippen molar-refractivity contribution in [3.63, 3.8) is 0 Å². The molecular formula is C24H22ClN3O3. The smallest absolute Gasteiger partial charge is 0.342 e. The molecule has 0 saturated heterocycles. The Morgan fingerprint density at radius 2 is 1.84 bits per heavy atom. The number of ether oxygens (including phenoxy) is 1. The van der Waals surface area contributed by atoms with Gasteiger partial charge >= 0.3 is 5.97 Å². The molecule has 2 aromatic heterocycles. The van der Waals surface area contributed by atoms with E-state index >= 15 is 0 Å². The second-order valence-electron chi connectivity index (χ2n) is 7.13. The highest BCUT2D eigenvalue weighted by Crippen LogP contribution is 2.31. The first kappa shape index (κ1) is 20.9. The number of carbonyl (C=O) groups excluding carboxylic acids is 2. The lowest BCUT2D eigenvalue weighted by Crippen LogP contribution is -2.32. The van der Waals surface area contributed by atoms with Crippen LogP contribution >= 0.6 is 11.6 Å². The minimum Gasteiger partial charge on any atom is -0.449 e. The fourth-order valence-electron chi connectivity index (χ4n) is 3.75. The molecule has 0 saturated carbocycles. The average Bonchev–Trinajstić information content (AvgIpc) is 3.10.